The topological polar surface area (TPSA) is 0 Å². The number of hydrogen-bond donors (Lipinski definition) is 0. The highest BCUT2D eigenvalue weighted by Crippen LogP contribution is 2.73. The monoisotopic (exact) mass is 2030 g/mol. The second-order valence-electron chi connectivity index (χ2n) is 29.9. The highest BCUT2D eigenvalue weighted by Gasteiger charge is 2.87. The SMILES string of the molecule is CCCCCCC(F)(F)C(F)(F)C(F)(F)[PH+](c1c(F)c(F)c(F)c(F)c1F)C(F)(F)C(F)(F)F.Fc1c(F)c2c(F)c(F)c3c(F)c(F)[c]([Al-]([c]4c(F)c(F)c5c(F)c(F)c6c(F)c(F)c(F)c7c(F)c(F)c4c5c67)([c]4c(F)c(F)c5c(F)c(F)c6c(F)c(F)c(F)c7c(F)c(F)c4c5c67)[c]4c(F)c(F)c5c(F)c(F)c6c(F)c(F)c(F)c7c(F)c(F)c4c5c67)c4c(F)c(F)c(c1F)c2c34. The lowest BCUT2D eigenvalue weighted by molar-refractivity contribution is -0.287. The van der Waals surface area contributed by atoms with E-state index in [0.29, 0.717) is 6.42 Å². The first-order chi connectivity index (χ1) is 62.4. The van der Waals surface area contributed by atoms with E-state index in [1.54, 1.807) is 0 Å². The van der Waals surface area contributed by atoms with Crippen LogP contribution in [0.1, 0.15) is 39.0 Å². The zero-order valence-corrected chi connectivity index (χ0v) is 64.9. The smallest absolute Gasteiger partial charge is 0.208 e. The predicted molar refractivity (Wildman–Crippen MR) is 372 cm³/mol. The van der Waals surface area contributed by atoms with E-state index in [2.05, 4.69) is 0 Å². The fraction of sp³-hybridized carbons (Fsp3) is 0.136. The van der Waals surface area contributed by atoms with Crippen molar-refractivity contribution in [3.63, 3.8) is 0 Å². The first-order valence-electron chi connectivity index (χ1n) is 36.0. The van der Waals surface area contributed by atoms with Crippen LogP contribution in [0.3, 0.4) is 0 Å². The summed E-state index contributed by atoms with van der Waals surface area (Å²) in [5, 5.41) is -74.4. The molecule has 0 fully saturated rings. The van der Waals surface area contributed by atoms with Crippen molar-refractivity contribution >= 4 is 173 Å². The van der Waals surface area contributed by atoms with Gasteiger partial charge in [0.15, 0.2) is 191 Å². The molecule has 0 heterocycles. The van der Waals surface area contributed by atoms with Crippen LogP contribution in [-0.4, -0.2) is 42.4 Å². The molecule has 17 aromatic rings. The molecule has 0 amide bonds. The van der Waals surface area contributed by atoms with Gasteiger partial charge in [-0.25, -0.2) is 171 Å². The van der Waals surface area contributed by atoms with Gasteiger partial charge in [-0.3, -0.25) is 0 Å². The van der Waals surface area contributed by atoms with Crippen LogP contribution >= 0.6 is 7.92 Å². The van der Waals surface area contributed by atoms with Crippen LogP contribution < -0.4 is 23.0 Å². The molecule has 1 unspecified atom stereocenters. The van der Waals surface area contributed by atoms with Gasteiger partial charge in [-0.2, -0.15) is 74.8 Å². The lowest BCUT2D eigenvalue weighted by Gasteiger charge is -2.45. The average molecular weight is 2030 g/mol. The number of unbranched alkanes of at least 4 members (excludes halogenated alkanes) is 3. The molecule has 135 heavy (non-hydrogen) atoms. The number of halogens is 52. The summed E-state index contributed by atoms with van der Waals surface area (Å²) in [7, 11) is -7.45. The van der Waals surface area contributed by atoms with Gasteiger partial charge in [0.2, 0.25) is 37.0 Å². The predicted octanol–water partition coefficient (Wildman–Crippen LogP) is 27.9. The summed E-state index contributed by atoms with van der Waals surface area (Å²) in [6.07, 6.45) is -10.3. The van der Waals surface area contributed by atoms with Gasteiger partial charge in [-0.05, 0) is 28.0 Å². The highest BCUT2D eigenvalue weighted by molar-refractivity contribution is 7.68. The van der Waals surface area contributed by atoms with Crippen molar-refractivity contribution in [1.29, 1.82) is 0 Å². The van der Waals surface area contributed by atoms with Crippen molar-refractivity contribution in [3.8, 4) is 0 Å². The Morgan fingerprint density at radius 3 is 0.511 bits per heavy atom. The third-order valence-corrected chi connectivity index (χ3v) is 31.8. The van der Waals surface area contributed by atoms with Gasteiger partial charge in [0.05, 0.1) is 64.6 Å². The van der Waals surface area contributed by atoms with Gasteiger partial charge in [0.1, 0.15) is 23.3 Å². The third kappa shape index (κ3) is 11.6. The van der Waals surface area contributed by atoms with Crippen molar-refractivity contribution < 1.29 is 228 Å². The Labute approximate surface area is 706 Å². The van der Waals surface area contributed by atoms with Crippen molar-refractivity contribution in [2.24, 2.45) is 0 Å². The Morgan fingerprint density at radius 1 is 0.170 bits per heavy atom. The van der Waals surface area contributed by atoms with Gasteiger partial charge >= 0.3 is 29.3 Å². The number of benzene rings is 17. The standard InChI is InChI=1S/C17H13F16P.4C16F9.Al/c1-2-3-4-5-6-13(23,24)14(25,26)16(30,31)34(17(32,33)15(27,28)29)12-10(21)8(19)7(18)9(20)11(12)22;4*17-3-1-2-4-5-7(11(20)9(2)18)14(23)16(25)15(24)8(5)13(22)12(21)6(4)10(3)19;/h2-6H2,1H3;;;;;/q;;;;;-1/p+1. The maximum Gasteiger partial charge on any atom is 0.494 e. The molecule has 17 aromatic carbocycles. The fourth-order valence-corrected chi connectivity index (χ4v) is 26.9. The van der Waals surface area contributed by atoms with Crippen molar-refractivity contribution in [1.82, 2.24) is 0 Å². The van der Waals surface area contributed by atoms with E-state index < -0.39 is 454 Å². The quantitative estimate of drug-likeness (QED) is 0.0194. The van der Waals surface area contributed by atoms with E-state index in [4.69, 9.17) is 0 Å². The number of alkyl halides is 11. The summed E-state index contributed by atoms with van der Waals surface area (Å²) in [5.74, 6) is -159. The van der Waals surface area contributed by atoms with E-state index >= 15 is 158 Å². The summed E-state index contributed by atoms with van der Waals surface area (Å²) in [4.78, 5) is 0. The molecule has 17 rings (SSSR count). The van der Waals surface area contributed by atoms with E-state index in [-0.39, 0.29) is 12.8 Å². The van der Waals surface area contributed by atoms with E-state index in [1.807, 2.05) is 0 Å². The average Bonchev–Trinajstić information content (AvgIpc) is 0.644. The van der Waals surface area contributed by atoms with Gasteiger partial charge in [0.25, 0.3) is 13.1 Å². The number of rotatable bonds is 14. The molecular weight excluding hydrogens is 2020 g/mol. The molecule has 0 aliphatic carbocycles. The molecule has 0 aromatic heterocycles. The normalized spacial score (nSPS) is 13.5. The van der Waals surface area contributed by atoms with Crippen LogP contribution in [0.2, 0.25) is 0 Å². The summed E-state index contributed by atoms with van der Waals surface area (Å²) in [6.45, 7) is 1.51. The van der Waals surface area contributed by atoms with E-state index in [9.17, 15) is 70.2 Å². The Hall–Kier alpha value is -11.8. The lowest BCUT2D eigenvalue weighted by Crippen LogP contribution is -2.79. The van der Waals surface area contributed by atoms with Crippen LogP contribution in [0.15, 0.2) is 0 Å². The van der Waals surface area contributed by atoms with Crippen molar-refractivity contribution in [2.75, 3.05) is 0 Å². The molecular formula is C81H14AlF52P. The third-order valence-electron chi connectivity index (χ3n) is 23.4. The molecule has 0 N–H and O–H groups in total. The lowest BCUT2D eigenvalue weighted by atomic mass is 9.90. The maximum absolute atomic E-state index is 19.4. The molecule has 1 atom stereocenters. The Balaban J connectivity index is 0.000000331. The van der Waals surface area contributed by atoms with Gasteiger partial charge in [-0.1, -0.05) is 26.2 Å². The zero-order chi connectivity index (χ0) is 101. The van der Waals surface area contributed by atoms with E-state index in [0.717, 1.165) is 0 Å². The molecule has 0 spiro atoms. The Bertz CT molecular complexity index is 7340. The summed E-state index contributed by atoms with van der Waals surface area (Å²) in [5.41, 5.74) is -14.6. The van der Waals surface area contributed by atoms with Crippen LogP contribution in [0, 0.1) is 239 Å². The minimum atomic E-state index is -10.9. The molecule has 0 aliphatic heterocycles. The Kier molecular flexibility index (Phi) is 21.8. The molecule has 0 nitrogen and oxygen atoms in total. The molecule has 0 saturated heterocycles. The first-order valence-corrected chi connectivity index (χ1v) is 39.9. The molecule has 0 radical (unpaired) electrons. The minimum Gasteiger partial charge on any atom is -0.208 e. The maximum atomic E-state index is 19.4. The Morgan fingerprint density at radius 2 is 0.326 bits per heavy atom. The molecule has 0 saturated carbocycles. The molecule has 54 heteroatoms. The van der Waals surface area contributed by atoms with Gasteiger partial charge in [0, 0.05) is 49.5 Å². The van der Waals surface area contributed by atoms with E-state index in [1.165, 1.54) is 6.92 Å². The van der Waals surface area contributed by atoms with Crippen LogP contribution in [0.25, 0.3) is 129 Å². The summed E-state index contributed by atoms with van der Waals surface area (Å²) in [6, 6.07) is 0. The summed E-state index contributed by atoms with van der Waals surface area (Å²) < 4.78 is 825. The molecule has 0 aliphatic rings. The second kappa shape index (κ2) is 30.6. The molecule has 0 bridgehead atoms. The van der Waals surface area contributed by atoms with Crippen molar-refractivity contribution in [2.45, 2.75) is 68.4 Å². The zero-order valence-electron chi connectivity index (χ0n) is 62.8. The second-order valence-corrected chi connectivity index (χ2v) is 36.4. The largest absolute Gasteiger partial charge is 0.494 e. The highest BCUT2D eigenvalue weighted by atomic mass is 31.1. The van der Waals surface area contributed by atoms with Gasteiger partial charge < -0.3 is 0 Å². The number of hydrogen-bond acceptors (Lipinski definition) is 0. The van der Waals surface area contributed by atoms with Crippen LogP contribution in [0.5, 0.6) is 0 Å². The van der Waals surface area contributed by atoms with Crippen LogP contribution in [-0.2, 0) is 0 Å². The van der Waals surface area contributed by atoms with Crippen molar-refractivity contribution in [3.05, 3.63) is 239 Å². The minimum absolute atomic E-state index is 0.115. The van der Waals surface area contributed by atoms with Crippen LogP contribution in [0.4, 0.5) is 228 Å². The van der Waals surface area contributed by atoms with Gasteiger partial charge in [-0.15, -0.1) is 0 Å². The molecule has 710 valence electrons. The fourth-order valence-electron chi connectivity index (χ4n) is 17.9. The first kappa shape index (κ1) is 96.3. The summed E-state index contributed by atoms with van der Waals surface area (Å²) >= 11 is -10.9.